The summed E-state index contributed by atoms with van der Waals surface area (Å²) in [5, 5.41) is 0. The Bertz CT molecular complexity index is 118. The predicted octanol–water partition coefficient (Wildman–Crippen LogP) is -3.15. The molecule has 0 saturated carbocycles. The first-order chi connectivity index (χ1) is 4.83. The lowest BCUT2D eigenvalue weighted by atomic mass is 13.3. The van der Waals surface area contributed by atoms with Gasteiger partial charge in [0.1, 0.15) is 0 Å². The molecule has 0 spiro atoms. The molecule has 0 saturated heterocycles. The number of hydrogen-bond acceptors (Lipinski definition) is 8. The van der Waals surface area contributed by atoms with Gasteiger partial charge in [0, 0.05) is 0 Å². The number of nitrogens with two attached hydrogens (primary N) is 4. The third kappa shape index (κ3) is 4100. The minimum Gasteiger partial charge on any atom is -0.264 e. The van der Waals surface area contributed by atoms with E-state index in [4.69, 9.17) is 17.5 Å². The third-order valence-electron chi connectivity index (χ3n) is 0. The molecule has 0 aliphatic rings. The van der Waals surface area contributed by atoms with Crippen molar-refractivity contribution in [1.29, 1.82) is 0 Å². The van der Waals surface area contributed by atoms with Gasteiger partial charge in [-0.3, -0.25) is 9.11 Å². The van der Waals surface area contributed by atoms with E-state index in [0.717, 1.165) is 0 Å². The summed E-state index contributed by atoms with van der Waals surface area (Å²) < 4.78 is 31.6. The highest BCUT2D eigenvalue weighted by molar-refractivity contribution is 7.79. The first kappa shape index (κ1) is 16.9. The molecule has 11 heteroatoms. The summed E-state index contributed by atoms with van der Waals surface area (Å²) in [6.45, 7) is 0. The van der Waals surface area contributed by atoms with Crippen molar-refractivity contribution < 1.29 is 27.4 Å². The van der Waals surface area contributed by atoms with Gasteiger partial charge in [-0.15, -0.1) is 0 Å². The summed E-state index contributed by atoms with van der Waals surface area (Å²) in [4.78, 5) is 6.50. The van der Waals surface area contributed by atoms with Crippen LogP contribution >= 0.6 is 0 Å². The molecule has 0 aliphatic heterocycles. The standard InChI is InChI=1S/2H4N2O.H2O4S/c2*1-3-2;1-5(2,3)4/h2*1-2H2;(H2,1,2,3,4). The van der Waals surface area contributed by atoms with E-state index in [0.29, 0.717) is 0 Å². The van der Waals surface area contributed by atoms with Crippen molar-refractivity contribution in [2.24, 2.45) is 23.6 Å². The Kier molecular flexibility index (Phi) is 19.0. The Morgan fingerprint density at radius 3 is 0.909 bits per heavy atom. The lowest BCUT2D eigenvalue weighted by Gasteiger charge is -1.68. The van der Waals surface area contributed by atoms with Crippen LogP contribution in [0.25, 0.3) is 0 Å². The molecule has 0 amide bonds. The van der Waals surface area contributed by atoms with Gasteiger partial charge in [0.05, 0.1) is 0 Å². The van der Waals surface area contributed by atoms with Crippen LogP contribution in [-0.2, 0) is 20.3 Å². The average molecular weight is 194 g/mol. The molecule has 0 aromatic rings. The van der Waals surface area contributed by atoms with Gasteiger partial charge < -0.3 is 0 Å². The molecule has 10 N–H and O–H groups in total. The molecule has 0 radical (unpaired) electrons. The van der Waals surface area contributed by atoms with Crippen LogP contribution in [-0.4, -0.2) is 17.5 Å². The van der Waals surface area contributed by atoms with Crippen LogP contribution in [0.3, 0.4) is 0 Å². The molecule has 0 unspecified atom stereocenters. The summed E-state index contributed by atoms with van der Waals surface area (Å²) in [6.07, 6.45) is 0. The zero-order valence-corrected chi connectivity index (χ0v) is 6.06. The minimum atomic E-state index is -4.67. The van der Waals surface area contributed by atoms with E-state index in [1.54, 1.807) is 0 Å². The Morgan fingerprint density at radius 1 is 0.909 bits per heavy atom. The van der Waals surface area contributed by atoms with Crippen LogP contribution in [0.2, 0.25) is 0 Å². The van der Waals surface area contributed by atoms with Crippen LogP contribution in [0.4, 0.5) is 0 Å². The number of rotatable bonds is 0. The molecule has 0 bridgehead atoms. The van der Waals surface area contributed by atoms with Crippen molar-refractivity contribution in [3.63, 3.8) is 0 Å². The van der Waals surface area contributed by atoms with Crippen molar-refractivity contribution in [3.05, 3.63) is 0 Å². The van der Waals surface area contributed by atoms with Crippen molar-refractivity contribution in [1.82, 2.24) is 0 Å². The first-order valence-corrected chi connectivity index (χ1v) is 3.04. The highest BCUT2D eigenvalue weighted by Gasteiger charge is 1.84. The second-order valence-corrected chi connectivity index (χ2v) is 1.62. The Labute approximate surface area is 62.4 Å². The second kappa shape index (κ2) is 12.3. The molecule has 0 aromatic heterocycles. The Balaban J connectivity index is -0.0000000933. The van der Waals surface area contributed by atoms with Crippen LogP contribution in [0, 0.1) is 0 Å². The third-order valence-corrected chi connectivity index (χ3v) is 0. The van der Waals surface area contributed by atoms with Crippen LogP contribution in [0.1, 0.15) is 0 Å². The summed E-state index contributed by atoms with van der Waals surface area (Å²) in [5.41, 5.74) is 0. The van der Waals surface area contributed by atoms with Crippen molar-refractivity contribution >= 4 is 10.4 Å². The molecule has 0 aliphatic carbocycles. The smallest absolute Gasteiger partial charge is 0.264 e. The van der Waals surface area contributed by atoms with Gasteiger partial charge in [0.2, 0.25) is 0 Å². The first-order valence-electron chi connectivity index (χ1n) is 1.64. The zero-order valence-electron chi connectivity index (χ0n) is 5.25. The van der Waals surface area contributed by atoms with Gasteiger partial charge in [-0.2, -0.15) is 32.0 Å². The predicted molar refractivity (Wildman–Crippen MR) is 33.1 cm³/mol. The quantitative estimate of drug-likeness (QED) is 0.169. The van der Waals surface area contributed by atoms with Gasteiger partial charge >= 0.3 is 10.4 Å². The van der Waals surface area contributed by atoms with E-state index in [9.17, 15) is 0 Å². The van der Waals surface area contributed by atoms with Crippen molar-refractivity contribution in [3.8, 4) is 0 Å². The Morgan fingerprint density at radius 2 is 0.909 bits per heavy atom. The fourth-order valence-electron chi connectivity index (χ4n) is 0. The van der Waals surface area contributed by atoms with Crippen LogP contribution in [0.5, 0.6) is 0 Å². The maximum absolute atomic E-state index is 8.74. The van der Waals surface area contributed by atoms with Crippen LogP contribution < -0.4 is 23.6 Å². The van der Waals surface area contributed by atoms with E-state index in [2.05, 4.69) is 33.5 Å². The molecule has 72 valence electrons. The van der Waals surface area contributed by atoms with Gasteiger partial charge in [-0.25, -0.2) is 9.88 Å². The van der Waals surface area contributed by atoms with Crippen molar-refractivity contribution in [2.45, 2.75) is 0 Å². The molecule has 0 rings (SSSR count). The monoisotopic (exact) mass is 194 g/mol. The van der Waals surface area contributed by atoms with Gasteiger partial charge in [0.15, 0.2) is 0 Å². The maximum atomic E-state index is 8.74. The SMILES string of the molecule is NON.NON.O=S(=O)(O)O. The van der Waals surface area contributed by atoms with Gasteiger partial charge in [-0.05, 0) is 0 Å². The second-order valence-electron chi connectivity index (χ2n) is 0.720. The fourth-order valence-corrected chi connectivity index (χ4v) is 0. The molecular weight excluding hydrogens is 184 g/mol. The molecule has 0 atom stereocenters. The molecule has 0 aromatic carbocycles. The lowest BCUT2D eigenvalue weighted by molar-refractivity contribution is 0.142. The molecular formula is H10N4O6S. The summed E-state index contributed by atoms with van der Waals surface area (Å²) in [6, 6.07) is 0. The maximum Gasteiger partial charge on any atom is 0.394 e. The zero-order chi connectivity index (χ0) is 9.91. The van der Waals surface area contributed by atoms with Crippen LogP contribution in [0.15, 0.2) is 0 Å². The van der Waals surface area contributed by atoms with E-state index in [1.165, 1.54) is 0 Å². The largest absolute Gasteiger partial charge is 0.394 e. The van der Waals surface area contributed by atoms with E-state index in [1.807, 2.05) is 0 Å². The summed E-state index contributed by atoms with van der Waals surface area (Å²) in [7, 11) is -4.67. The topological polar surface area (TPSA) is 197 Å². The van der Waals surface area contributed by atoms with Gasteiger partial charge in [0.25, 0.3) is 0 Å². The Hall–Kier alpha value is -0.370. The summed E-state index contributed by atoms with van der Waals surface area (Å²) >= 11 is 0. The molecule has 0 fully saturated rings. The molecule has 11 heavy (non-hydrogen) atoms. The lowest BCUT2D eigenvalue weighted by Crippen LogP contribution is -2.04. The fraction of sp³-hybridized carbons (Fsp3) is 0. The normalized spacial score (nSPS) is 8.55. The minimum absolute atomic E-state index is 3.25. The molecule has 0 heterocycles. The highest BCUT2D eigenvalue weighted by atomic mass is 32.3. The van der Waals surface area contributed by atoms with E-state index >= 15 is 0 Å². The highest BCUT2D eigenvalue weighted by Crippen LogP contribution is 1.59. The van der Waals surface area contributed by atoms with E-state index in [-0.39, 0.29) is 0 Å². The average Bonchev–Trinajstić information content (AvgIpc) is 1.62. The van der Waals surface area contributed by atoms with Gasteiger partial charge in [-0.1, -0.05) is 0 Å². The summed E-state index contributed by atoms with van der Waals surface area (Å²) in [5.74, 6) is 16.5. The molecule has 10 nitrogen and oxygen atoms in total. The number of hydrogen-bond donors (Lipinski definition) is 6. The van der Waals surface area contributed by atoms with E-state index < -0.39 is 10.4 Å². The van der Waals surface area contributed by atoms with Crippen molar-refractivity contribution in [2.75, 3.05) is 0 Å².